The smallest absolute Gasteiger partial charge is 0.230 e. The normalized spacial score (nSPS) is 9.77. The molecule has 1 aromatic carbocycles. The van der Waals surface area contributed by atoms with Gasteiger partial charge in [-0.2, -0.15) is 0 Å². The predicted octanol–water partition coefficient (Wildman–Crippen LogP) is -0.619. The van der Waals surface area contributed by atoms with Crippen LogP contribution in [0.15, 0.2) is 48.8 Å². The van der Waals surface area contributed by atoms with Gasteiger partial charge in [-0.3, -0.25) is 4.79 Å². The van der Waals surface area contributed by atoms with Gasteiger partial charge in [0.1, 0.15) is 0 Å². The van der Waals surface area contributed by atoms with Crippen LogP contribution in [0, 0.1) is 6.92 Å². The summed E-state index contributed by atoms with van der Waals surface area (Å²) in [5.74, 6) is 0.0284. The van der Waals surface area contributed by atoms with Crippen molar-refractivity contribution in [1.29, 1.82) is 0 Å². The molecule has 118 valence electrons. The van der Waals surface area contributed by atoms with E-state index in [4.69, 9.17) is 0 Å². The van der Waals surface area contributed by atoms with Crippen molar-refractivity contribution in [2.75, 3.05) is 24.3 Å². The number of benzene rings is 1. The lowest BCUT2D eigenvalue weighted by molar-refractivity contribution is -0.695. The molecule has 0 aliphatic carbocycles. The summed E-state index contributed by atoms with van der Waals surface area (Å²) in [6.07, 6.45) is 4.45. The number of nitrogens with one attached hydrogen (secondary N) is 1. The first-order valence-electron chi connectivity index (χ1n) is 7.07. The summed E-state index contributed by atoms with van der Waals surface area (Å²) < 4.78 is 2.02. The third-order valence-corrected chi connectivity index (χ3v) is 3.32. The van der Waals surface area contributed by atoms with E-state index >= 15 is 0 Å². The van der Waals surface area contributed by atoms with Gasteiger partial charge in [0, 0.05) is 37.6 Å². The number of pyridine rings is 1. The topological polar surface area (TPSA) is 36.2 Å². The Morgan fingerprint density at radius 1 is 1.09 bits per heavy atom. The molecule has 5 heteroatoms. The summed E-state index contributed by atoms with van der Waals surface area (Å²) in [5, 5.41) is 2.92. The standard InChI is InChI=1S/C17H21N3O.BrH/c1-14-8-11-20(12-9-14)13-10-17(21)18-15-4-6-16(7-5-15)19(2)3;/h4-9,11-12H,10,13H2,1-3H3;1H. The lowest BCUT2D eigenvalue weighted by atomic mass is 10.2. The molecule has 0 radical (unpaired) electrons. The van der Waals surface area contributed by atoms with Crippen LogP contribution in [-0.4, -0.2) is 20.0 Å². The van der Waals surface area contributed by atoms with Gasteiger partial charge in [-0.1, -0.05) is 0 Å². The third kappa shape index (κ3) is 5.48. The second-order valence-corrected chi connectivity index (χ2v) is 5.35. The number of aromatic nitrogens is 1. The Balaban J connectivity index is 0.00000242. The second-order valence-electron chi connectivity index (χ2n) is 5.35. The molecule has 0 unspecified atom stereocenters. The number of amides is 1. The van der Waals surface area contributed by atoms with Gasteiger partial charge >= 0.3 is 0 Å². The van der Waals surface area contributed by atoms with Crippen molar-refractivity contribution in [3.05, 3.63) is 54.4 Å². The highest BCUT2D eigenvalue weighted by Crippen LogP contribution is 2.15. The maximum Gasteiger partial charge on any atom is 0.230 e. The zero-order valence-electron chi connectivity index (χ0n) is 13.2. The van der Waals surface area contributed by atoms with E-state index in [1.54, 1.807) is 0 Å². The van der Waals surface area contributed by atoms with Gasteiger partial charge in [-0.15, -0.1) is 0 Å². The van der Waals surface area contributed by atoms with Crippen molar-refractivity contribution in [1.82, 2.24) is 0 Å². The highest BCUT2D eigenvalue weighted by molar-refractivity contribution is 5.90. The van der Waals surface area contributed by atoms with Gasteiger partial charge < -0.3 is 27.2 Å². The van der Waals surface area contributed by atoms with Gasteiger partial charge in [-0.25, -0.2) is 4.57 Å². The van der Waals surface area contributed by atoms with Crippen LogP contribution in [-0.2, 0) is 11.3 Å². The minimum Gasteiger partial charge on any atom is -1.00 e. The maximum atomic E-state index is 11.9. The van der Waals surface area contributed by atoms with E-state index in [1.165, 1.54) is 5.56 Å². The number of anilines is 2. The Bertz CT molecular complexity index is 594. The average Bonchev–Trinajstić information content (AvgIpc) is 2.47. The molecule has 0 atom stereocenters. The predicted molar refractivity (Wildman–Crippen MR) is 85.4 cm³/mol. The first-order chi connectivity index (χ1) is 10.0. The fraction of sp³-hybridized carbons (Fsp3) is 0.294. The Labute approximate surface area is 142 Å². The van der Waals surface area contributed by atoms with Crippen molar-refractivity contribution < 1.29 is 26.3 Å². The van der Waals surface area contributed by atoms with E-state index in [2.05, 4.69) is 12.2 Å². The SMILES string of the molecule is Cc1cc[n+](CCC(=O)Nc2ccc(N(C)C)cc2)cc1.[Br-]. The van der Waals surface area contributed by atoms with Crippen LogP contribution in [0.5, 0.6) is 0 Å². The van der Waals surface area contributed by atoms with Crippen molar-refractivity contribution in [3.63, 3.8) is 0 Å². The fourth-order valence-corrected chi connectivity index (χ4v) is 1.98. The molecule has 0 fully saturated rings. The molecular formula is C17H22BrN3O. The van der Waals surface area contributed by atoms with E-state index in [0.29, 0.717) is 13.0 Å². The summed E-state index contributed by atoms with van der Waals surface area (Å²) in [6.45, 7) is 2.73. The van der Waals surface area contributed by atoms with E-state index in [9.17, 15) is 4.79 Å². The van der Waals surface area contributed by atoms with E-state index in [1.807, 2.05) is 72.4 Å². The van der Waals surface area contributed by atoms with E-state index in [0.717, 1.165) is 11.4 Å². The molecule has 0 aliphatic heterocycles. The molecule has 0 saturated heterocycles. The summed E-state index contributed by atoms with van der Waals surface area (Å²) in [4.78, 5) is 14.0. The molecule has 0 bridgehead atoms. The minimum atomic E-state index is 0. The lowest BCUT2D eigenvalue weighted by Crippen LogP contribution is -3.00. The van der Waals surface area contributed by atoms with Gasteiger partial charge in [0.05, 0.1) is 6.42 Å². The molecule has 1 heterocycles. The van der Waals surface area contributed by atoms with Crippen molar-refractivity contribution in [2.24, 2.45) is 0 Å². The molecule has 2 aromatic rings. The first kappa shape index (κ1) is 18.2. The Kier molecular flexibility index (Phi) is 7.05. The minimum absolute atomic E-state index is 0. The van der Waals surface area contributed by atoms with Gasteiger partial charge in [0.15, 0.2) is 18.9 Å². The number of carbonyl (C=O) groups excluding carboxylic acids is 1. The van der Waals surface area contributed by atoms with E-state index < -0.39 is 0 Å². The first-order valence-corrected chi connectivity index (χ1v) is 7.07. The van der Waals surface area contributed by atoms with Crippen LogP contribution in [0.3, 0.4) is 0 Å². The molecule has 0 aliphatic rings. The molecule has 1 N–H and O–H groups in total. The molecule has 1 amide bonds. The molecule has 2 rings (SSSR count). The van der Waals surface area contributed by atoms with E-state index in [-0.39, 0.29) is 22.9 Å². The summed E-state index contributed by atoms with van der Waals surface area (Å²) in [6, 6.07) is 11.9. The number of hydrogen-bond donors (Lipinski definition) is 1. The van der Waals surface area contributed by atoms with Crippen LogP contribution in [0.2, 0.25) is 0 Å². The molecular weight excluding hydrogens is 342 g/mol. The van der Waals surface area contributed by atoms with Crippen LogP contribution in [0.1, 0.15) is 12.0 Å². The van der Waals surface area contributed by atoms with Crippen molar-refractivity contribution >= 4 is 17.3 Å². The van der Waals surface area contributed by atoms with Crippen molar-refractivity contribution in [2.45, 2.75) is 19.9 Å². The summed E-state index contributed by atoms with van der Waals surface area (Å²) >= 11 is 0. The monoisotopic (exact) mass is 363 g/mol. The highest BCUT2D eigenvalue weighted by atomic mass is 79.9. The second kappa shape index (κ2) is 8.54. The Morgan fingerprint density at radius 2 is 1.68 bits per heavy atom. The average molecular weight is 364 g/mol. The quantitative estimate of drug-likeness (QED) is 0.719. The number of hydrogen-bond acceptors (Lipinski definition) is 2. The summed E-state index contributed by atoms with van der Waals surface area (Å²) in [7, 11) is 3.98. The maximum absolute atomic E-state index is 11.9. The molecule has 0 spiro atoms. The van der Waals surface area contributed by atoms with Gasteiger partial charge in [-0.05, 0) is 36.8 Å². The summed E-state index contributed by atoms with van der Waals surface area (Å²) in [5.41, 5.74) is 3.17. The number of rotatable bonds is 5. The molecule has 4 nitrogen and oxygen atoms in total. The molecule has 0 saturated carbocycles. The number of aryl methyl sites for hydroxylation is 2. The largest absolute Gasteiger partial charge is 1.00 e. The highest BCUT2D eigenvalue weighted by Gasteiger charge is 2.07. The number of carbonyl (C=O) groups is 1. The van der Waals surface area contributed by atoms with Crippen LogP contribution >= 0.6 is 0 Å². The number of halogens is 1. The van der Waals surface area contributed by atoms with Crippen molar-refractivity contribution in [3.8, 4) is 0 Å². The third-order valence-electron chi connectivity index (χ3n) is 3.32. The zero-order valence-corrected chi connectivity index (χ0v) is 14.8. The molecule has 1 aromatic heterocycles. The van der Waals surface area contributed by atoms with Crippen LogP contribution in [0.25, 0.3) is 0 Å². The Hall–Kier alpha value is -1.88. The van der Waals surface area contributed by atoms with Crippen LogP contribution < -0.4 is 31.8 Å². The van der Waals surface area contributed by atoms with Gasteiger partial charge in [0.25, 0.3) is 0 Å². The van der Waals surface area contributed by atoms with Crippen LogP contribution in [0.4, 0.5) is 11.4 Å². The zero-order chi connectivity index (χ0) is 15.2. The number of nitrogens with zero attached hydrogens (tertiary/aromatic N) is 2. The fourth-order valence-electron chi connectivity index (χ4n) is 1.98. The lowest BCUT2D eigenvalue weighted by Gasteiger charge is -2.12. The molecule has 22 heavy (non-hydrogen) atoms. The van der Waals surface area contributed by atoms with Gasteiger partial charge in [0.2, 0.25) is 5.91 Å². The Morgan fingerprint density at radius 3 is 2.23 bits per heavy atom.